The van der Waals surface area contributed by atoms with Gasteiger partial charge in [-0.25, -0.2) is 4.79 Å². The summed E-state index contributed by atoms with van der Waals surface area (Å²) in [7, 11) is 0. The smallest absolute Gasteiger partial charge is 0.447 e. The fourth-order valence-electron chi connectivity index (χ4n) is 1.30. The molecule has 0 aromatic rings. The van der Waals surface area contributed by atoms with Crippen LogP contribution in [0.25, 0.3) is 0 Å². The fourth-order valence-corrected chi connectivity index (χ4v) is 1.30. The maximum atomic E-state index is 11.1. The van der Waals surface area contributed by atoms with Crippen LogP contribution in [0.2, 0.25) is 0 Å². The first-order valence-corrected chi connectivity index (χ1v) is 7.21. The summed E-state index contributed by atoms with van der Waals surface area (Å²) in [5.41, 5.74) is 0.116. The molecule has 1 N–H and O–H groups in total. The summed E-state index contributed by atoms with van der Waals surface area (Å²) in [5.74, 6) is 0.583. The molecular weight excluding hydrogens is 422 g/mol. The number of amides is 1. The Kier molecular flexibility index (Phi) is 17.4. The minimum absolute atomic E-state index is 0. The zero-order chi connectivity index (χ0) is 15.5. The number of alkyl carbamates (subject to hydrolysis) is 1. The Bertz CT molecular complexity index is 222. The molecule has 0 aromatic carbocycles. The van der Waals surface area contributed by atoms with E-state index in [1.807, 2.05) is 13.8 Å². The van der Waals surface area contributed by atoms with Crippen molar-refractivity contribution in [3.05, 3.63) is 13.8 Å². The molecule has 0 saturated carbocycles. The number of nitrogens with one attached hydrogen (secondary N) is 1. The first-order valence-electron chi connectivity index (χ1n) is 7.21. The number of rotatable bonds is 6. The Labute approximate surface area is 140 Å². The van der Waals surface area contributed by atoms with Crippen LogP contribution in [0.15, 0.2) is 0 Å². The molecule has 0 aromatic heterocycles. The number of ether oxygens (including phenoxy) is 1. The first kappa shape index (κ1) is 24.9. The Balaban J connectivity index is -0.000000508. The molecule has 0 aliphatic heterocycles. The van der Waals surface area contributed by atoms with E-state index in [1.165, 1.54) is 0 Å². The second-order valence-corrected chi connectivity index (χ2v) is 6.20. The minimum Gasteiger partial charge on any atom is -0.447 e. The molecule has 4 heteroatoms. The van der Waals surface area contributed by atoms with Gasteiger partial charge in [0.1, 0.15) is 6.10 Å². The molecule has 0 bridgehead atoms. The van der Waals surface area contributed by atoms with E-state index in [9.17, 15) is 4.79 Å². The molecule has 1 unspecified atom stereocenters. The molecular formula is C16H33NO2W. The monoisotopic (exact) mass is 455 g/mol. The number of hydrogen-bond donors (Lipinski definition) is 1. The van der Waals surface area contributed by atoms with Crippen molar-refractivity contribution in [1.82, 2.24) is 5.32 Å². The fraction of sp³-hybridized carbons (Fsp3) is 0.812. The minimum atomic E-state index is -0.320. The molecule has 120 valence electrons. The van der Waals surface area contributed by atoms with E-state index in [2.05, 4.69) is 46.9 Å². The van der Waals surface area contributed by atoms with Crippen LogP contribution in [0, 0.1) is 25.2 Å². The van der Waals surface area contributed by atoms with Gasteiger partial charge in [0.15, 0.2) is 0 Å². The summed E-state index contributed by atoms with van der Waals surface area (Å²) in [6.07, 6.45) is 2.65. The summed E-state index contributed by atoms with van der Waals surface area (Å²) in [6.45, 7) is 20.4. The molecule has 0 heterocycles. The molecule has 0 radical (unpaired) electrons. The Morgan fingerprint density at radius 1 is 1.30 bits per heavy atom. The molecule has 0 saturated heterocycles. The largest absolute Gasteiger partial charge is 2.00 e. The molecule has 0 rings (SSSR count). The van der Waals surface area contributed by atoms with Crippen LogP contribution < -0.4 is 5.32 Å². The quantitative estimate of drug-likeness (QED) is 0.594. The van der Waals surface area contributed by atoms with E-state index in [-0.39, 0.29) is 38.7 Å². The van der Waals surface area contributed by atoms with E-state index < -0.39 is 0 Å². The number of carbonyl (C=O) groups excluding carboxylic acids is 1. The summed E-state index contributed by atoms with van der Waals surface area (Å²) in [5, 5.41) is 2.61. The van der Waals surface area contributed by atoms with E-state index in [0.717, 1.165) is 19.3 Å². The van der Waals surface area contributed by atoms with E-state index in [1.54, 1.807) is 0 Å². The van der Waals surface area contributed by atoms with Gasteiger partial charge in [-0.15, -0.1) is 0 Å². The zero-order valence-corrected chi connectivity index (χ0v) is 17.1. The van der Waals surface area contributed by atoms with E-state index in [0.29, 0.717) is 12.5 Å². The Morgan fingerprint density at radius 2 is 1.75 bits per heavy atom. The maximum absolute atomic E-state index is 11.1. The molecule has 1 atom stereocenters. The zero-order valence-electron chi connectivity index (χ0n) is 14.1. The summed E-state index contributed by atoms with van der Waals surface area (Å²) >= 11 is 0. The van der Waals surface area contributed by atoms with Crippen LogP contribution >= 0.6 is 0 Å². The molecule has 3 nitrogen and oxygen atoms in total. The normalized spacial score (nSPS) is 11.8. The van der Waals surface area contributed by atoms with Crippen LogP contribution in [-0.4, -0.2) is 18.7 Å². The second kappa shape index (κ2) is 13.9. The maximum Gasteiger partial charge on any atom is 2.00 e. The SMILES string of the molecule is [CH2-]C(C)(C)CCCC(C)OC(=O)NCC.[CH2-]C(C)C.[W+2]. The Morgan fingerprint density at radius 3 is 2.10 bits per heavy atom. The Hall–Kier alpha value is -0.0417. The second-order valence-electron chi connectivity index (χ2n) is 6.20. The summed E-state index contributed by atoms with van der Waals surface area (Å²) in [6, 6.07) is 0. The van der Waals surface area contributed by atoms with Gasteiger partial charge in [-0.05, 0) is 20.3 Å². The van der Waals surface area contributed by atoms with E-state index >= 15 is 0 Å². The van der Waals surface area contributed by atoms with Crippen LogP contribution in [0.3, 0.4) is 0 Å². The molecule has 0 aliphatic carbocycles. The van der Waals surface area contributed by atoms with Crippen molar-refractivity contribution >= 4 is 6.09 Å². The van der Waals surface area contributed by atoms with Gasteiger partial charge in [-0.1, -0.05) is 40.5 Å². The molecule has 1 amide bonds. The van der Waals surface area contributed by atoms with Crippen molar-refractivity contribution in [2.45, 2.75) is 66.9 Å². The van der Waals surface area contributed by atoms with Gasteiger partial charge >= 0.3 is 27.2 Å². The van der Waals surface area contributed by atoms with Gasteiger partial charge < -0.3 is 23.9 Å². The van der Waals surface area contributed by atoms with Crippen molar-refractivity contribution < 1.29 is 30.6 Å². The average molecular weight is 455 g/mol. The van der Waals surface area contributed by atoms with Crippen LogP contribution in [-0.2, 0) is 25.8 Å². The van der Waals surface area contributed by atoms with Crippen molar-refractivity contribution in [3.8, 4) is 0 Å². The molecule has 20 heavy (non-hydrogen) atoms. The van der Waals surface area contributed by atoms with Crippen molar-refractivity contribution in [3.63, 3.8) is 0 Å². The predicted molar refractivity (Wildman–Crippen MR) is 82.8 cm³/mol. The van der Waals surface area contributed by atoms with Crippen LogP contribution in [0.4, 0.5) is 4.79 Å². The third-order valence-electron chi connectivity index (χ3n) is 2.09. The van der Waals surface area contributed by atoms with Crippen LogP contribution in [0.5, 0.6) is 0 Å². The standard InChI is InChI=1S/C12H24NO2.C4H9.W/c1-6-13-11(14)15-10(2)8-7-9-12(3,4)5;1-4(2)3;/h10H,3,6-9H2,1-2,4-5H3,(H,13,14);4H,1H2,2-3H3;/q2*-1;+2. The van der Waals surface area contributed by atoms with Gasteiger partial charge in [0.2, 0.25) is 0 Å². The third-order valence-corrected chi connectivity index (χ3v) is 2.09. The molecule has 0 fully saturated rings. The predicted octanol–water partition coefficient (Wildman–Crippen LogP) is 4.63. The summed E-state index contributed by atoms with van der Waals surface area (Å²) < 4.78 is 5.14. The van der Waals surface area contributed by atoms with Crippen molar-refractivity contribution in [2.24, 2.45) is 11.3 Å². The number of carbonyl (C=O) groups is 1. The van der Waals surface area contributed by atoms with E-state index in [4.69, 9.17) is 4.74 Å². The summed E-state index contributed by atoms with van der Waals surface area (Å²) in [4.78, 5) is 11.1. The third kappa shape index (κ3) is 26.5. The number of hydrogen-bond acceptors (Lipinski definition) is 2. The average Bonchev–Trinajstić information content (AvgIpc) is 2.14. The molecule has 0 aliphatic rings. The van der Waals surface area contributed by atoms with Gasteiger partial charge in [-0.3, -0.25) is 0 Å². The van der Waals surface area contributed by atoms with Crippen LogP contribution in [0.1, 0.15) is 60.8 Å². The van der Waals surface area contributed by atoms with Crippen molar-refractivity contribution in [1.29, 1.82) is 0 Å². The van der Waals surface area contributed by atoms with Crippen molar-refractivity contribution in [2.75, 3.05) is 6.54 Å². The topological polar surface area (TPSA) is 38.3 Å². The molecule has 0 spiro atoms. The van der Waals surface area contributed by atoms with Gasteiger partial charge in [-0.2, -0.15) is 11.3 Å². The first-order chi connectivity index (χ1) is 8.58. The van der Waals surface area contributed by atoms with Gasteiger partial charge in [0.25, 0.3) is 0 Å². The van der Waals surface area contributed by atoms with Gasteiger partial charge in [0.05, 0.1) is 0 Å². The van der Waals surface area contributed by atoms with Gasteiger partial charge in [0, 0.05) is 6.54 Å².